The second-order valence-electron chi connectivity index (χ2n) is 4.50. The molecule has 0 radical (unpaired) electrons. The van der Waals surface area contributed by atoms with Gasteiger partial charge in [0.1, 0.15) is 0 Å². The topological polar surface area (TPSA) is 12.0 Å². The lowest BCUT2D eigenvalue weighted by Crippen LogP contribution is -2.41. The zero-order valence-corrected chi connectivity index (χ0v) is 8.77. The molecule has 1 N–H and O–H groups in total. The van der Waals surface area contributed by atoms with Crippen LogP contribution < -0.4 is 5.32 Å². The van der Waals surface area contributed by atoms with E-state index in [4.69, 9.17) is 0 Å². The molecule has 0 aromatic carbocycles. The number of rotatable bonds is 3. The molecule has 1 saturated heterocycles. The Morgan fingerprint density at radius 2 is 2.17 bits per heavy atom. The van der Waals surface area contributed by atoms with Gasteiger partial charge in [0.25, 0.3) is 0 Å². The lowest BCUT2D eigenvalue weighted by Gasteiger charge is -2.33. The van der Waals surface area contributed by atoms with Gasteiger partial charge in [-0.25, -0.2) is 0 Å². The minimum atomic E-state index is 0.809. The minimum Gasteiger partial charge on any atom is -0.314 e. The molecule has 1 rings (SSSR count). The molecular weight excluding hydrogens is 146 g/mol. The first-order chi connectivity index (χ1) is 5.74. The second kappa shape index (κ2) is 4.86. The molecular formula is C11H23N. The van der Waals surface area contributed by atoms with Crippen LogP contribution in [0.15, 0.2) is 0 Å². The highest BCUT2D eigenvalue weighted by atomic mass is 14.9. The normalized spacial score (nSPS) is 31.0. The van der Waals surface area contributed by atoms with E-state index in [-0.39, 0.29) is 0 Å². The molecule has 0 amide bonds. The highest BCUT2D eigenvalue weighted by Crippen LogP contribution is 2.24. The first-order valence-corrected chi connectivity index (χ1v) is 5.47. The predicted octanol–water partition coefficient (Wildman–Crippen LogP) is 2.81. The Hall–Kier alpha value is -0.0400. The van der Waals surface area contributed by atoms with Crippen LogP contribution in [-0.4, -0.2) is 12.6 Å². The third kappa shape index (κ3) is 2.78. The fourth-order valence-electron chi connectivity index (χ4n) is 2.29. The van der Waals surface area contributed by atoms with Crippen LogP contribution >= 0.6 is 0 Å². The summed E-state index contributed by atoms with van der Waals surface area (Å²) < 4.78 is 0. The summed E-state index contributed by atoms with van der Waals surface area (Å²) in [5.41, 5.74) is 0. The number of nitrogens with one attached hydrogen (secondary N) is 1. The Kier molecular flexibility index (Phi) is 4.07. The molecule has 0 saturated carbocycles. The van der Waals surface area contributed by atoms with Crippen LogP contribution in [-0.2, 0) is 0 Å². The lowest BCUT2D eigenvalue weighted by atomic mass is 9.84. The maximum absolute atomic E-state index is 3.65. The minimum absolute atomic E-state index is 0.809. The van der Waals surface area contributed by atoms with Gasteiger partial charge in [0.2, 0.25) is 0 Å². The van der Waals surface area contributed by atoms with Crippen LogP contribution in [0.4, 0.5) is 0 Å². The van der Waals surface area contributed by atoms with Gasteiger partial charge in [-0.2, -0.15) is 0 Å². The van der Waals surface area contributed by atoms with Crippen LogP contribution in [0.2, 0.25) is 0 Å². The Morgan fingerprint density at radius 3 is 2.75 bits per heavy atom. The summed E-state index contributed by atoms with van der Waals surface area (Å²) in [7, 11) is 0. The van der Waals surface area contributed by atoms with Crippen LogP contribution in [0.25, 0.3) is 0 Å². The molecule has 1 unspecified atom stereocenters. The van der Waals surface area contributed by atoms with E-state index < -0.39 is 0 Å². The summed E-state index contributed by atoms with van der Waals surface area (Å²) in [5, 5.41) is 3.65. The molecule has 0 aromatic heterocycles. The zero-order chi connectivity index (χ0) is 8.97. The van der Waals surface area contributed by atoms with Crippen molar-refractivity contribution in [1.82, 2.24) is 5.32 Å². The molecule has 1 aliphatic heterocycles. The lowest BCUT2D eigenvalue weighted by molar-refractivity contribution is 0.242. The standard InChI is InChI=1S/C11H23N/c1-4-10-6-5-7-12-11(10)8-9(2)3/h9-12H,4-8H2,1-3H3/t10-,11?/m0/s1. The monoisotopic (exact) mass is 169 g/mol. The average Bonchev–Trinajstić information content (AvgIpc) is 2.04. The van der Waals surface area contributed by atoms with Gasteiger partial charge in [0.05, 0.1) is 0 Å². The third-order valence-corrected chi connectivity index (χ3v) is 2.98. The van der Waals surface area contributed by atoms with Gasteiger partial charge in [-0.15, -0.1) is 0 Å². The Bertz CT molecular complexity index is 120. The second-order valence-corrected chi connectivity index (χ2v) is 4.50. The molecule has 1 heterocycles. The largest absolute Gasteiger partial charge is 0.314 e. The van der Waals surface area contributed by atoms with E-state index in [0.29, 0.717) is 0 Å². The van der Waals surface area contributed by atoms with E-state index in [9.17, 15) is 0 Å². The molecule has 1 fully saturated rings. The van der Waals surface area contributed by atoms with Gasteiger partial charge in [-0.1, -0.05) is 27.2 Å². The first-order valence-electron chi connectivity index (χ1n) is 5.47. The highest BCUT2D eigenvalue weighted by Gasteiger charge is 2.23. The van der Waals surface area contributed by atoms with Crippen molar-refractivity contribution in [2.75, 3.05) is 6.54 Å². The van der Waals surface area contributed by atoms with Crippen LogP contribution in [0.1, 0.15) is 46.5 Å². The third-order valence-electron chi connectivity index (χ3n) is 2.98. The molecule has 1 aliphatic rings. The van der Waals surface area contributed by atoms with Crippen molar-refractivity contribution in [1.29, 1.82) is 0 Å². The fourth-order valence-corrected chi connectivity index (χ4v) is 2.29. The van der Waals surface area contributed by atoms with E-state index in [1.807, 2.05) is 0 Å². The van der Waals surface area contributed by atoms with E-state index >= 15 is 0 Å². The first kappa shape index (κ1) is 10.0. The SMILES string of the molecule is CC[C@H]1CCCNC1CC(C)C. The zero-order valence-electron chi connectivity index (χ0n) is 8.77. The number of hydrogen-bond donors (Lipinski definition) is 1. The molecule has 0 aliphatic carbocycles. The Labute approximate surface area is 76.9 Å². The van der Waals surface area contributed by atoms with Crippen molar-refractivity contribution in [2.45, 2.75) is 52.5 Å². The summed E-state index contributed by atoms with van der Waals surface area (Å²) in [6, 6.07) is 0.809. The van der Waals surface area contributed by atoms with Crippen molar-refractivity contribution in [2.24, 2.45) is 11.8 Å². The molecule has 72 valence electrons. The summed E-state index contributed by atoms with van der Waals surface area (Å²) in [6.07, 6.45) is 5.54. The van der Waals surface area contributed by atoms with Crippen LogP contribution in [0.5, 0.6) is 0 Å². The van der Waals surface area contributed by atoms with Gasteiger partial charge in [-0.05, 0) is 37.6 Å². The van der Waals surface area contributed by atoms with Gasteiger partial charge in [-0.3, -0.25) is 0 Å². The van der Waals surface area contributed by atoms with Gasteiger partial charge in [0.15, 0.2) is 0 Å². The van der Waals surface area contributed by atoms with Crippen LogP contribution in [0.3, 0.4) is 0 Å². The number of piperidine rings is 1. The summed E-state index contributed by atoms with van der Waals surface area (Å²) in [5.74, 6) is 1.79. The Morgan fingerprint density at radius 1 is 1.42 bits per heavy atom. The maximum atomic E-state index is 3.65. The van der Waals surface area contributed by atoms with E-state index in [0.717, 1.165) is 17.9 Å². The van der Waals surface area contributed by atoms with Gasteiger partial charge >= 0.3 is 0 Å². The molecule has 0 aromatic rings. The molecule has 2 atom stereocenters. The van der Waals surface area contributed by atoms with Crippen molar-refractivity contribution in [3.8, 4) is 0 Å². The van der Waals surface area contributed by atoms with Crippen molar-refractivity contribution in [3.05, 3.63) is 0 Å². The van der Waals surface area contributed by atoms with Crippen molar-refractivity contribution < 1.29 is 0 Å². The van der Waals surface area contributed by atoms with E-state index in [2.05, 4.69) is 26.1 Å². The van der Waals surface area contributed by atoms with Crippen molar-refractivity contribution >= 4 is 0 Å². The van der Waals surface area contributed by atoms with E-state index in [1.54, 1.807) is 0 Å². The summed E-state index contributed by atoms with van der Waals surface area (Å²) >= 11 is 0. The molecule has 12 heavy (non-hydrogen) atoms. The number of hydrogen-bond acceptors (Lipinski definition) is 1. The maximum Gasteiger partial charge on any atom is 0.00976 e. The molecule has 0 spiro atoms. The smallest absolute Gasteiger partial charge is 0.00976 e. The van der Waals surface area contributed by atoms with E-state index in [1.165, 1.54) is 32.2 Å². The molecule has 1 heteroatoms. The molecule has 0 bridgehead atoms. The quantitative estimate of drug-likeness (QED) is 0.685. The van der Waals surface area contributed by atoms with Crippen LogP contribution in [0, 0.1) is 11.8 Å². The van der Waals surface area contributed by atoms with Gasteiger partial charge in [0, 0.05) is 6.04 Å². The van der Waals surface area contributed by atoms with Gasteiger partial charge < -0.3 is 5.32 Å². The van der Waals surface area contributed by atoms with Crippen molar-refractivity contribution in [3.63, 3.8) is 0 Å². The average molecular weight is 169 g/mol. The Balaban J connectivity index is 2.36. The fraction of sp³-hybridized carbons (Fsp3) is 1.00. The predicted molar refractivity (Wildman–Crippen MR) is 54.3 cm³/mol. The highest BCUT2D eigenvalue weighted by molar-refractivity contribution is 4.80. The summed E-state index contributed by atoms with van der Waals surface area (Å²) in [4.78, 5) is 0. The molecule has 1 nitrogen and oxygen atoms in total. The summed E-state index contributed by atoms with van der Waals surface area (Å²) in [6.45, 7) is 8.21.